The lowest BCUT2D eigenvalue weighted by Crippen LogP contribution is -2.22. The van der Waals surface area contributed by atoms with Crippen LogP contribution in [0.4, 0.5) is 9.18 Å². The molecular weight excluding hydrogens is 451 g/mol. The highest BCUT2D eigenvalue weighted by molar-refractivity contribution is 7.89. The summed E-state index contributed by atoms with van der Waals surface area (Å²) in [4.78, 5) is 10.4. The van der Waals surface area contributed by atoms with E-state index in [1.165, 1.54) is 30.9 Å². The number of carboxylic acid groups (broad SMARTS) is 1. The van der Waals surface area contributed by atoms with Crippen molar-refractivity contribution in [2.45, 2.75) is 31.4 Å². The number of nitrogens with one attached hydrogen (secondary N) is 1. The van der Waals surface area contributed by atoms with Gasteiger partial charge in [0.1, 0.15) is 10.7 Å². The molecule has 12 heteroatoms. The number of aliphatic hydroxyl groups excluding tert-OH is 1. The van der Waals surface area contributed by atoms with Crippen LogP contribution < -0.4 is 5.32 Å². The Kier molecular flexibility index (Phi) is 8.18. The van der Waals surface area contributed by atoms with Crippen LogP contribution in [0.1, 0.15) is 22.5 Å². The molecular formula is C19H24ClFN4O5S. The minimum absolute atomic E-state index is 0.0233. The van der Waals surface area contributed by atoms with Crippen molar-refractivity contribution >= 4 is 27.7 Å². The predicted molar refractivity (Wildman–Crippen MR) is 113 cm³/mol. The summed E-state index contributed by atoms with van der Waals surface area (Å²) in [5.41, 5.74) is 2.04. The van der Waals surface area contributed by atoms with Crippen LogP contribution in [0.25, 0.3) is 0 Å². The average Bonchev–Trinajstić information content (AvgIpc) is 2.95. The van der Waals surface area contributed by atoms with E-state index < -0.39 is 28.6 Å². The fourth-order valence-electron chi connectivity index (χ4n) is 2.92. The van der Waals surface area contributed by atoms with Crippen molar-refractivity contribution in [2.75, 3.05) is 20.6 Å². The standard InChI is InChI=1S/C19H24ClFN4O5S/c1-12-15(9-14(21)6-7-22-19(27)28)17(11-26)25(23-12)10-13-4-5-18(16(20)8-13)31(29,30)24(2)3/h4-6,8,22,26H,7,9-11H2,1-3H3,(H,27,28)/b14-6-. The molecule has 0 atom stereocenters. The number of hydrogen-bond donors (Lipinski definition) is 3. The van der Waals surface area contributed by atoms with Crippen molar-refractivity contribution in [3.8, 4) is 0 Å². The van der Waals surface area contributed by atoms with E-state index >= 15 is 0 Å². The number of aliphatic hydroxyl groups is 1. The Morgan fingerprint density at radius 1 is 1.39 bits per heavy atom. The Morgan fingerprint density at radius 3 is 2.61 bits per heavy atom. The van der Waals surface area contributed by atoms with Gasteiger partial charge >= 0.3 is 6.09 Å². The maximum absolute atomic E-state index is 14.2. The number of allylic oxidation sites excluding steroid dienone is 1. The molecule has 1 aromatic carbocycles. The van der Waals surface area contributed by atoms with Crippen LogP contribution in [-0.2, 0) is 29.6 Å². The molecule has 2 rings (SSSR count). The minimum atomic E-state index is -3.69. The van der Waals surface area contributed by atoms with Gasteiger partial charge in [-0.1, -0.05) is 17.7 Å². The van der Waals surface area contributed by atoms with Gasteiger partial charge in [-0.25, -0.2) is 21.9 Å². The summed E-state index contributed by atoms with van der Waals surface area (Å²) < 4.78 is 41.3. The lowest BCUT2D eigenvalue weighted by molar-refractivity contribution is 0.195. The summed E-state index contributed by atoms with van der Waals surface area (Å²) in [5.74, 6) is -0.563. The van der Waals surface area contributed by atoms with Crippen molar-refractivity contribution in [2.24, 2.45) is 0 Å². The molecule has 31 heavy (non-hydrogen) atoms. The maximum atomic E-state index is 14.2. The number of rotatable bonds is 9. The quantitative estimate of drug-likeness (QED) is 0.512. The van der Waals surface area contributed by atoms with E-state index in [1.807, 2.05) is 5.32 Å². The number of halogens is 2. The fourth-order valence-corrected chi connectivity index (χ4v) is 4.35. The zero-order valence-electron chi connectivity index (χ0n) is 17.3. The Labute approximate surface area is 184 Å². The highest BCUT2D eigenvalue weighted by Crippen LogP contribution is 2.26. The molecule has 0 fully saturated rings. The van der Waals surface area contributed by atoms with Gasteiger partial charge in [0.05, 0.1) is 29.6 Å². The van der Waals surface area contributed by atoms with Crippen LogP contribution in [0.5, 0.6) is 0 Å². The van der Waals surface area contributed by atoms with Crippen LogP contribution >= 0.6 is 11.6 Å². The fraction of sp³-hybridized carbons (Fsp3) is 0.368. The lowest BCUT2D eigenvalue weighted by Gasteiger charge is -2.14. The second-order valence-electron chi connectivity index (χ2n) is 6.89. The average molecular weight is 475 g/mol. The monoisotopic (exact) mass is 474 g/mol. The number of sulfonamides is 1. The minimum Gasteiger partial charge on any atom is -0.465 e. The van der Waals surface area contributed by atoms with Crippen LogP contribution in [-0.4, -0.2) is 59.4 Å². The molecule has 1 aromatic heterocycles. The first-order valence-corrected chi connectivity index (χ1v) is 11.0. The molecule has 0 saturated carbocycles. The van der Waals surface area contributed by atoms with E-state index in [0.717, 1.165) is 10.4 Å². The van der Waals surface area contributed by atoms with Gasteiger partial charge in [0.15, 0.2) is 0 Å². The number of amides is 1. The van der Waals surface area contributed by atoms with Gasteiger partial charge in [0, 0.05) is 32.6 Å². The first-order chi connectivity index (χ1) is 14.5. The molecule has 0 aliphatic heterocycles. The van der Waals surface area contributed by atoms with Crippen molar-refractivity contribution in [1.82, 2.24) is 19.4 Å². The number of hydrogen-bond acceptors (Lipinski definition) is 5. The largest absolute Gasteiger partial charge is 0.465 e. The number of carbonyl (C=O) groups is 1. The van der Waals surface area contributed by atoms with Gasteiger partial charge in [0.2, 0.25) is 10.0 Å². The first kappa shape index (κ1) is 24.8. The van der Waals surface area contributed by atoms with Gasteiger partial charge in [-0.05, 0) is 30.7 Å². The smallest absolute Gasteiger partial charge is 0.404 e. The van der Waals surface area contributed by atoms with Crippen molar-refractivity contribution < 1.29 is 27.8 Å². The molecule has 3 N–H and O–H groups in total. The summed E-state index contributed by atoms with van der Waals surface area (Å²) in [7, 11) is -0.872. The van der Waals surface area contributed by atoms with E-state index in [-0.39, 0.29) is 29.4 Å². The SMILES string of the molecule is Cc1nn(Cc2ccc(S(=O)(=O)N(C)C)c(Cl)c2)c(CO)c1C/C(F)=C/CNC(=O)O. The van der Waals surface area contributed by atoms with Crippen molar-refractivity contribution in [1.29, 1.82) is 0 Å². The number of aryl methyl sites for hydroxylation is 1. The van der Waals surface area contributed by atoms with Crippen LogP contribution in [0.3, 0.4) is 0 Å². The topological polar surface area (TPSA) is 125 Å². The van der Waals surface area contributed by atoms with E-state index in [4.69, 9.17) is 16.7 Å². The second-order valence-corrected chi connectivity index (χ2v) is 9.42. The summed E-state index contributed by atoms with van der Waals surface area (Å²) in [5, 5.41) is 24.8. The Balaban J connectivity index is 2.28. The molecule has 9 nitrogen and oxygen atoms in total. The van der Waals surface area contributed by atoms with E-state index in [2.05, 4.69) is 5.10 Å². The number of benzene rings is 1. The molecule has 0 radical (unpaired) electrons. The predicted octanol–water partition coefficient (Wildman–Crippen LogP) is 2.30. The van der Waals surface area contributed by atoms with E-state index in [1.54, 1.807) is 13.0 Å². The molecule has 2 aromatic rings. The van der Waals surface area contributed by atoms with Gasteiger partial charge in [-0.3, -0.25) is 4.68 Å². The van der Waals surface area contributed by atoms with Gasteiger partial charge in [-0.15, -0.1) is 0 Å². The Hall–Kier alpha value is -2.47. The molecule has 0 saturated heterocycles. The third-order valence-corrected chi connectivity index (χ3v) is 6.82. The molecule has 0 bridgehead atoms. The summed E-state index contributed by atoms with van der Waals surface area (Å²) >= 11 is 6.18. The first-order valence-electron chi connectivity index (χ1n) is 9.15. The van der Waals surface area contributed by atoms with Crippen molar-refractivity contribution in [3.05, 3.63) is 57.6 Å². The maximum Gasteiger partial charge on any atom is 0.404 e. The molecule has 170 valence electrons. The van der Waals surface area contributed by atoms with Gasteiger partial charge in [0.25, 0.3) is 0 Å². The molecule has 0 aliphatic rings. The summed E-state index contributed by atoms with van der Waals surface area (Å²) in [6.07, 6.45) is -0.299. The molecule has 0 spiro atoms. The van der Waals surface area contributed by atoms with E-state index in [9.17, 15) is 22.7 Å². The van der Waals surface area contributed by atoms with Crippen LogP contribution in [0.2, 0.25) is 5.02 Å². The molecule has 0 unspecified atom stereocenters. The summed E-state index contributed by atoms with van der Waals surface area (Å²) in [6, 6.07) is 4.51. The van der Waals surface area contributed by atoms with Gasteiger partial charge in [-0.2, -0.15) is 5.10 Å². The molecule has 1 amide bonds. The van der Waals surface area contributed by atoms with Crippen LogP contribution in [0, 0.1) is 6.92 Å². The highest BCUT2D eigenvalue weighted by Gasteiger charge is 2.21. The number of nitrogens with zero attached hydrogens (tertiary/aromatic N) is 3. The molecule has 1 heterocycles. The third kappa shape index (κ3) is 6.03. The van der Waals surface area contributed by atoms with Crippen molar-refractivity contribution in [3.63, 3.8) is 0 Å². The normalized spacial score (nSPS) is 12.4. The summed E-state index contributed by atoms with van der Waals surface area (Å²) in [6.45, 7) is 1.29. The van der Waals surface area contributed by atoms with Crippen LogP contribution in [0.15, 0.2) is 35.0 Å². The van der Waals surface area contributed by atoms with Gasteiger partial charge < -0.3 is 15.5 Å². The zero-order chi connectivity index (χ0) is 23.3. The number of aromatic nitrogens is 2. The lowest BCUT2D eigenvalue weighted by atomic mass is 10.1. The van der Waals surface area contributed by atoms with E-state index in [0.29, 0.717) is 22.5 Å². The molecule has 0 aliphatic carbocycles. The zero-order valence-corrected chi connectivity index (χ0v) is 18.8. The highest BCUT2D eigenvalue weighted by atomic mass is 35.5. The Bertz CT molecular complexity index is 1100. The Morgan fingerprint density at radius 2 is 2.06 bits per heavy atom. The second kappa shape index (κ2) is 10.2. The third-order valence-electron chi connectivity index (χ3n) is 4.53.